The number of nitrogens with zero attached hydrogens (tertiary/aromatic N) is 1. The minimum atomic E-state index is 0.124. The Labute approximate surface area is 144 Å². The monoisotopic (exact) mass is 337 g/mol. The number of hydrogen-bond donors (Lipinski definition) is 0. The van der Waals surface area contributed by atoms with E-state index >= 15 is 0 Å². The second-order valence-corrected chi connectivity index (χ2v) is 11.2. The van der Waals surface area contributed by atoms with Crippen LogP contribution in [0.5, 0.6) is 0 Å². The van der Waals surface area contributed by atoms with E-state index in [2.05, 4.69) is 11.8 Å². The van der Waals surface area contributed by atoms with Gasteiger partial charge in [0, 0.05) is 19.5 Å². The summed E-state index contributed by atoms with van der Waals surface area (Å²) in [6.45, 7) is 5.15. The minimum absolute atomic E-state index is 0.124. The molecule has 132 valence electrons. The third-order valence-electron chi connectivity index (χ3n) is 6.68. The first-order valence-corrected chi connectivity index (χ1v) is 11.8. The zero-order valence-corrected chi connectivity index (χ0v) is 16.2. The van der Waals surface area contributed by atoms with Gasteiger partial charge in [0.05, 0.1) is 0 Å². The van der Waals surface area contributed by atoms with E-state index in [9.17, 15) is 4.79 Å². The second-order valence-electron chi connectivity index (χ2n) is 8.15. The second kappa shape index (κ2) is 8.32. The Morgan fingerprint density at radius 3 is 1.83 bits per heavy atom. The Morgan fingerprint density at radius 2 is 1.43 bits per heavy atom. The maximum Gasteiger partial charge on any atom is 0.219 e. The van der Waals surface area contributed by atoms with Crippen LogP contribution in [0.1, 0.15) is 90.9 Å². The van der Waals surface area contributed by atoms with E-state index in [4.69, 9.17) is 0 Å². The molecule has 1 amide bonds. The predicted molar refractivity (Wildman–Crippen MR) is 101 cm³/mol. The van der Waals surface area contributed by atoms with E-state index < -0.39 is 0 Å². The molecule has 1 saturated heterocycles. The molecule has 2 atom stereocenters. The maximum atomic E-state index is 12.1. The van der Waals surface area contributed by atoms with Crippen LogP contribution in [-0.4, -0.2) is 40.4 Å². The Morgan fingerprint density at radius 1 is 0.913 bits per heavy atom. The van der Waals surface area contributed by atoms with Crippen LogP contribution in [-0.2, 0) is 4.79 Å². The van der Waals surface area contributed by atoms with Crippen molar-refractivity contribution in [3.05, 3.63) is 0 Å². The molecular weight excluding hydrogens is 301 g/mol. The van der Waals surface area contributed by atoms with Gasteiger partial charge in [0.15, 0.2) is 0 Å². The average Bonchev–Trinajstić information content (AvgIpc) is 3.01. The fourth-order valence-corrected chi connectivity index (χ4v) is 10.1. The fraction of sp³-hybridized carbons (Fsp3) is 0.950. The Hall–Kier alpha value is -0.100. The largest absolute Gasteiger partial charge is 0.339 e. The van der Waals surface area contributed by atoms with Crippen molar-refractivity contribution in [3.63, 3.8) is 0 Å². The molecule has 2 nitrogen and oxygen atoms in total. The molecule has 3 fully saturated rings. The van der Waals surface area contributed by atoms with Gasteiger partial charge in [0.1, 0.15) is 0 Å². The van der Waals surface area contributed by atoms with Crippen LogP contribution in [0.3, 0.4) is 0 Å². The van der Waals surface area contributed by atoms with E-state index in [1.54, 1.807) is 6.92 Å². The third-order valence-corrected chi connectivity index (χ3v) is 10.6. The molecule has 0 radical (unpaired) electrons. The summed E-state index contributed by atoms with van der Waals surface area (Å²) < 4.78 is 0. The van der Waals surface area contributed by atoms with Gasteiger partial charge >= 0.3 is 0 Å². The van der Waals surface area contributed by atoms with Crippen LogP contribution in [0.4, 0.5) is 0 Å². The van der Waals surface area contributed by atoms with Gasteiger partial charge in [-0.25, -0.2) is 0 Å². The number of amides is 1. The van der Waals surface area contributed by atoms with E-state index in [1.807, 2.05) is 0 Å². The van der Waals surface area contributed by atoms with E-state index in [1.165, 1.54) is 70.6 Å². The number of carbonyl (C=O) groups is 1. The Bertz CT molecular complexity index is 369. The van der Waals surface area contributed by atoms with Crippen molar-refractivity contribution in [1.82, 2.24) is 4.90 Å². The normalized spacial score (nSPS) is 31.0. The van der Waals surface area contributed by atoms with Crippen LogP contribution >= 0.6 is 7.92 Å². The van der Waals surface area contributed by atoms with Gasteiger partial charge < -0.3 is 4.90 Å². The van der Waals surface area contributed by atoms with Gasteiger partial charge in [-0.05, 0) is 55.5 Å². The van der Waals surface area contributed by atoms with E-state index in [0.29, 0.717) is 11.9 Å². The first-order valence-electron chi connectivity index (χ1n) is 10.2. The van der Waals surface area contributed by atoms with Crippen molar-refractivity contribution >= 4 is 13.8 Å². The molecule has 0 unspecified atom stereocenters. The minimum Gasteiger partial charge on any atom is -0.339 e. The van der Waals surface area contributed by atoms with E-state index in [0.717, 1.165) is 29.9 Å². The molecule has 2 saturated carbocycles. The number of carbonyl (C=O) groups excluding carboxylic acids is 1. The molecule has 0 bridgehead atoms. The zero-order chi connectivity index (χ0) is 16.2. The molecule has 0 aromatic rings. The number of hydrogen-bond acceptors (Lipinski definition) is 1. The van der Waals surface area contributed by atoms with Gasteiger partial charge in [-0.3, -0.25) is 4.79 Å². The summed E-state index contributed by atoms with van der Waals surface area (Å²) in [7, 11) is 0.124. The summed E-state index contributed by atoms with van der Waals surface area (Å²) in [5.41, 5.74) is 2.90. The fourth-order valence-electron chi connectivity index (χ4n) is 5.53. The lowest BCUT2D eigenvalue weighted by Gasteiger charge is -2.42. The smallest absolute Gasteiger partial charge is 0.219 e. The van der Waals surface area contributed by atoms with E-state index in [-0.39, 0.29) is 7.92 Å². The highest BCUT2D eigenvalue weighted by atomic mass is 31.1. The molecular formula is C20H36NOP. The molecule has 23 heavy (non-hydrogen) atoms. The highest BCUT2D eigenvalue weighted by Crippen LogP contribution is 2.61. The number of likely N-dealkylation sites (tertiary alicyclic amines) is 1. The third kappa shape index (κ3) is 4.12. The first kappa shape index (κ1) is 17.7. The van der Waals surface area contributed by atoms with Crippen LogP contribution in [0, 0.1) is 0 Å². The topological polar surface area (TPSA) is 20.3 Å². The molecule has 1 aliphatic heterocycles. The maximum absolute atomic E-state index is 12.1. The average molecular weight is 337 g/mol. The van der Waals surface area contributed by atoms with Gasteiger partial charge in [-0.2, -0.15) is 0 Å². The zero-order valence-electron chi connectivity index (χ0n) is 15.3. The lowest BCUT2D eigenvalue weighted by atomic mass is 9.99. The molecule has 0 aromatic carbocycles. The standard InChI is InChI=1S/C20H36NOP/c1-3-17-14-20(15-21(17)16(2)22)23(18-10-6-4-7-11-18)19-12-8-5-9-13-19/h17-20H,3-15H2,1-2H3/t17-,20+/m1/s1. The summed E-state index contributed by atoms with van der Waals surface area (Å²) in [5.74, 6) is 0.321. The van der Waals surface area contributed by atoms with Gasteiger partial charge in [-0.15, -0.1) is 0 Å². The highest BCUT2D eigenvalue weighted by molar-refractivity contribution is 7.60. The van der Waals surface area contributed by atoms with Crippen LogP contribution in [0.25, 0.3) is 0 Å². The molecule has 3 heteroatoms. The predicted octanol–water partition coefficient (Wildman–Crippen LogP) is 5.53. The quantitative estimate of drug-likeness (QED) is 0.617. The lowest BCUT2D eigenvalue weighted by Crippen LogP contribution is -2.34. The van der Waals surface area contributed by atoms with Crippen molar-refractivity contribution in [3.8, 4) is 0 Å². The van der Waals surface area contributed by atoms with Crippen molar-refractivity contribution in [2.24, 2.45) is 0 Å². The summed E-state index contributed by atoms with van der Waals surface area (Å²) in [6.07, 6.45) is 17.2. The molecule has 1 heterocycles. The highest BCUT2D eigenvalue weighted by Gasteiger charge is 2.42. The van der Waals surface area contributed by atoms with Crippen LogP contribution in [0.2, 0.25) is 0 Å². The summed E-state index contributed by atoms with van der Waals surface area (Å²) in [4.78, 5) is 14.3. The molecule has 3 aliphatic rings. The van der Waals surface area contributed by atoms with Gasteiger partial charge in [-0.1, -0.05) is 53.4 Å². The Balaban J connectivity index is 1.75. The van der Waals surface area contributed by atoms with Crippen molar-refractivity contribution in [2.75, 3.05) is 6.54 Å². The van der Waals surface area contributed by atoms with Crippen LogP contribution in [0.15, 0.2) is 0 Å². The summed E-state index contributed by atoms with van der Waals surface area (Å²) in [5, 5.41) is 0. The molecule has 2 aliphatic carbocycles. The molecule has 0 N–H and O–H groups in total. The van der Waals surface area contributed by atoms with Gasteiger partial charge in [0.25, 0.3) is 0 Å². The summed E-state index contributed by atoms with van der Waals surface area (Å²) in [6, 6.07) is 0.537. The van der Waals surface area contributed by atoms with Gasteiger partial charge in [0.2, 0.25) is 5.91 Å². The molecule has 0 aromatic heterocycles. The van der Waals surface area contributed by atoms with Crippen molar-refractivity contribution in [2.45, 2.75) is 114 Å². The lowest BCUT2D eigenvalue weighted by molar-refractivity contribution is -0.129. The van der Waals surface area contributed by atoms with Crippen LogP contribution < -0.4 is 0 Å². The molecule has 0 spiro atoms. The molecule has 3 rings (SSSR count). The van der Waals surface area contributed by atoms with Crippen molar-refractivity contribution in [1.29, 1.82) is 0 Å². The summed E-state index contributed by atoms with van der Waals surface area (Å²) >= 11 is 0. The van der Waals surface area contributed by atoms with Crippen molar-refractivity contribution < 1.29 is 4.79 Å². The Kier molecular flexibility index (Phi) is 6.41. The number of rotatable bonds is 4. The SMILES string of the molecule is CC[C@@H]1C[C@H](P(C2CCCCC2)C2CCCCC2)CN1C(C)=O. The first-order chi connectivity index (χ1) is 11.2.